The van der Waals surface area contributed by atoms with Gasteiger partial charge in [0, 0.05) is 30.9 Å². The van der Waals surface area contributed by atoms with Gasteiger partial charge >= 0.3 is 17.8 Å². The maximum Gasteiger partial charge on any atom is 0.317 e. The number of urea groups is 1. The van der Waals surface area contributed by atoms with E-state index in [1.807, 2.05) is 27.7 Å². The average Bonchev–Trinajstić information content (AvgIpc) is 2.67. The van der Waals surface area contributed by atoms with E-state index in [4.69, 9.17) is 4.74 Å². The molecule has 29 heavy (non-hydrogen) atoms. The Hall–Kier alpha value is -2.77. The minimum atomic E-state index is -0.698. The third kappa shape index (κ3) is 7.63. The predicted octanol–water partition coefficient (Wildman–Crippen LogP) is 2.36. The third-order valence-electron chi connectivity index (χ3n) is 4.56. The summed E-state index contributed by atoms with van der Waals surface area (Å²) in [5.74, 6) is -0.406. The van der Waals surface area contributed by atoms with E-state index in [2.05, 4.69) is 16.0 Å². The highest BCUT2D eigenvalue weighted by atomic mass is 16.5. The summed E-state index contributed by atoms with van der Waals surface area (Å²) in [4.78, 5) is 38.1. The van der Waals surface area contributed by atoms with Crippen molar-refractivity contribution in [2.75, 3.05) is 31.6 Å². The molecule has 1 aliphatic rings. The van der Waals surface area contributed by atoms with Crippen LogP contribution in [-0.4, -0.2) is 54.5 Å². The molecule has 3 N–H and O–H groups in total. The van der Waals surface area contributed by atoms with Crippen LogP contribution in [0.2, 0.25) is 0 Å². The molecule has 160 valence electrons. The Morgan fingerprint density at radius 2 is 1.69 bits per heavy atom. The molecule has 1 aliphatic heterocycles. The Bertz CT molecular complexity index is 704. The van der Waals surface area contributed by atoms with E-state index in [-0.39, 0.29) is 17.5 Å². The van der Waals surface area contributed by atoms with Gasteiger partial charge in [0.15, 0.2) is 0 Å². The van der Waals surface area contributed by atoms with E-state index in [1.54, 1.807) is 29.2 Å². The van der Waals surface area contributed by atoms with Crippen LogP contribution >= 0.6 is 0 Å². The van der Waals surface area contributed by atoms with Crippen LogP contribution in [0, 0.1) is 5.92 Å². The van der Waals surface area contributed by atoms with Gasteiger partial charge in [-0.25, -0.2) is 4.79 Å². The molecule has 1 aromatic carbocycles. The molecule has 8 nitrogen and oxygen atoms in total. The predicted molar refractivity (Wildman–Crippen MR) is 112 cm³/mol. The lowest BCUT2D eigenvalue weighted by Crippen LogP contribution is -2.51. The fraction of sp³-hybridized carbons (Fsp3) is 0.571. The number of hydrogen-bond donors (Lipinski definition) is 3. The highest BCUT2D eigenvalue weighted by Gasteiger charge is 2.26. The van der Waals surface area contributed by atoms with E-state index in [9.17, 15) is 14.4 Å². The number of anilines is 1. The summed E-state index contributed by atoms with van der Waals surface area (Å²) in [6.45, 7) is 10.0. The van der Waals surface area contributed by atoms with Crippen LogP contribution in [0.3, 0.4) is 0 Å². The fourth-order valence-corrected chi connectivity index (χ4v) is 3.05. The summed E-state index contributed by atoms with van der Waals surface area (Å²) < 4.78 is 5.34. The number of carbonyl (C=O) groups is 3. The lowest BCUT2D eigenvalue weighted by Gasteiger charge is -2.34. The van der Waals surface area contributed by atoms with Crippen molar-refractivity contribution in [3.8, 4) is 5.75 Å². The monoisotopic (exact) mass is 404 g/mol. The zero-order chi connectivity index (χ0) is 21.4. The zero-order valence-corrected chi connectivity index (χ0v) is 17.7. The van der Waals surface area contributed by atoms with E-state index < -0.39 is 11.8 Å². The van der Waals surface area contributed by atoms with Gasteiger partial charge in [0.05, 0.1) is 6.61 Å². The molecule has 2 rings (SSSR count). The van der Waals surface area contributed by atoms with E-state index in [0.717, 1.165) is 12.8 Å². The molecule has 1 fully saturated rings. The van der Waals surface area contributed by atoms with Crippen molar-refractivity contribution in [2.45, 2.75) is 46.1 Å². The van der Waals surface area contributed by atoms with Crippen LogP contribution < -0.4 is 20.7 Å². The van der Waals surface area contributed by atoms with Gasteiger partial charge in [-0.15, -0.1) is 0 Å². The van der Waals surface area contributed by atoms with Crippen LogP contribution in [-0.2, 0) is 9.59 Å². The maximum absolute atomic E-state index is 12.2. The first-order valence-corrected chi connectivity index (χ1v) is 10.1. The molecule has 1 saturated heterocycles. The number of nitrogens with zero attached hydrogens (tertiary/aromatic N) is 1. The summed E-state index contributed by atoms with van der Waals surface area (Å²) in [5, 5.41) is 8.23. The number of hydrogen-bond acceptors (Lipinski definition) is 4. The normalized spacial score (nSPS) is 14.8. The van der Waals surface area contributed by atoms with Crippen LogP contribution in [0.15, 0.2) is 24.3 Å². The summed E-state index contributed by atoms with van der Waals surface area (Å²) >= 11 is 0. The van der Waals surface area contributed by atoms with Crippen molar-refractivity contribution in [3.63, 3.8) is 0 Å². The second-order valence-electron chi connectivity index (χ2n) is 8.23. The number of likely N-dealkylation sites (tertiary alicyclic amines) is 1. The van der Waals surface area contributed by atoms with Crippen molar-refractivity contribution in [2.24, 2.45) is 5.92 Å². The smallest absolute Gasteiger partial charge is 0.317 e. The Labute approximate surface area is 172 Å². The molecule has 0 spiro atoms. The van der Waals surface area contributed by atoms with Gasteiger partial charge in [-0.1, -0.05) is 0 Å². The number of ether oxygens (including phenoxy) is 1. The topological polar surface area (TPSA) is 99.8 Å². The molecule has 0 bridgehead atoms. The molecule has 0 radical (unpaired) electrons. The molecule has 1 aromatic rings. The van der Waals surface area contributed by atoms with E-state index in [1.165, 1.54) is 0 Å². The number of amides is 4. The third-order valence-corrected chi connectivity index (χ3v) is 4.56. The van der Waals surface area contributed by atoms with Crippen molar-refractivity contribution in [1.82, 2.24) is 15.5 Å². The molecule has 1 heterocycles. The molecule has 0 saturated carbocycles. The van der Waals surface area contributed by atoms with Gasteiger partial charge in [-0.3, -0.25) is 9.59 Å². The number of benzene rings is 1. The van der Waals surface area contributed by atoms with Gasteiger partial charge in [-0.2, -0.15) is 0 Å². The van der Waals surface area contributed by atoms with Crippen molar-refractivity contribution >= 4 is 23.5 Å². The van der Waals surface area contributed by atoms with Gasteiger partial charge in [-0.05, 0) is 70.7 Å². The molecular formula is C21H32N4O4. The number of piperidine rings is 1. The van der Waals surface area contributed by atoms with Crippen LogP contribution in [0.1, 0.15) is 40.5 Å². The molecule has 0 unspecified atom stereocenters. The van der Waals surface area contributed by atoms with Gasteiger partial charge in [0.25, 0.3) is 0 Å². The van der Waals surface area contributed by atoms with Crippen LogP contribution in [0.5, 0.6) is 5.75 Å². The molecule has 0 aromatic heterocycles. The Balaban J connectivity index is 1.71. The summed E-state index contributed by atoms with van der Waals surface area (Å²) in [6.07, 6.45) is 1.58. The Morgan fingerprint density at radius 3 is 2.24 bits per heavy atom. The van der Waals surface area contributed by atoms with E-state index in [0.29, 0.717) is 37.7 Å². The standard InChI is InChI=1S/C21H32N4O4/c1-5-29-17-8-6-16(7-9-17)23-19(27)18(26)22-14-15-10-12-25(13-11-15)20(28)24-21(2,3)4/h6-9,15H,5,10-14H2,1-4H3,(H,22,26)(H,23,27)(H,24,28). The van der Waals surface area contributed by atoms with Crippen LogP contribution in [0.4, 0.5) is 10.5 Å². The molecule has 0 aliphatic carbocycles. The number of nitrogens with one attached hydrogen (secondary N) is 3. The first-order valence-electron chi connectivity index (χ1n) is 10.1. The van der Waals surface area contributed by atoms with Crippen molar-refractivity contribution in [3.05, 3.63) is 24.3 Å². The first-order chi connectivity index (χ1) is 13.7. The Kier molecular flexibility index (Phi) is 7.87. The second-order valence-corrected chi connectivity index (χ2v) is 8.23. The van der Waals surface area contributed by atoms with Gasteiger partial charge < -0.3 is 25.6 Å². The zero-order valence-electron chi connectivity index (χ0n) is 17.7. The first kappa shape index (κ1) is 22.5. The molecule has 4 amide bonds. The quantitative estimate of drug-likeness (QED) is 0.656. The largest absolute Gasteiger partial charge is 0.494 e. The SMILES string of the molecule is CCOc1ccc(NC(=O)C(=O)NCC2CCN(C(=O)NC(C)(C)C)CC2)cc1. The van der Waals surface area contributed by atoms with Crippen molar-refractivity contribution < 1.29 is 19.1 Å². The summed E-state index contributed by atoms with van der Waals surface area (Å²) in [6, 6.07) is 6.79. The number of carbonyl (C=O) groups excluding carboxylic acids is 3. The second kappa shape index (κ2) is 10.1. The van der Waals surface area contributed by atoms with Crippen LogP contribution in [0.25, 0.3) is 0 Å². The average molecular weight is 405 g/mol. The summed E-state index contributed by atoms with van der Waals surface area (Å²) in [7, 11) is 0. The minimum Gasteiger partial charge on any atom is -0.494 e. The van der Waals surface area contributed by atoms with E-state index >= 15 is 0 Å². The highest BCUT2D eigenvalue weighted by molar-refractivity contribution is 6.39. The van der Waals surface area contributed by atoms with Gasteiger partial charge in [0.2, 0.25) is 0 Å². The number of rotatable bonds is 5. The van der Waals surface area contributed by atoms with Crippen molar-refractivity contribution in [1.29, 1.82) is 0 Å². The molecule has 8 heteroatoms. The fourth-order valence-electron chi connectivity index (χ4n) is 3.05. The lowest BCUT2D eigenvalue weighted by atomic mass is 9.97. The minimum absolute atomic E-state index is 0.0604. The lowest BCUT2D eigenvalue weighted by molar-refractivity contribution is -0.136. The highest BCUT2D eigenvalue weighted by Crippen LogP contribution is 2.18. The summed E-state index contributed by atoms with van der Waals surface area (Å²) in [5.41, 5.74) is 0.269. The maximum atomic E-state index is 12.2. The molecular weight excluding hydrogens is 372 g/mol. The molecule has 0 atom stereocenters. The Morgan fingerprint density at radius 1 is 1.07 bits per heavy atom. The van der Waals surface area contributed by atoms with Gasteiger partial charge in [0.1, 0.15) is 5.75 Å².